The molecule has 1 saturated heterocycles. The van der Waals surface area contributed by atoms with Gasteiger partial charge in [-0.2, -0.15) is 0 Å². The molecule has 0 unspecified atom stereocenters. The lowest BCUT2D eigenvalue weighted by molar-refractivity contribution is -0.134. The minimum atomic E-state index is 0.191. The van der Waals surface area contributed by atoms with Crippen LogP contribution in [0.25, 0.3) is 11.3 Å². The summed E-state index contributed by atoms with van der Waals surface area (Å²) in [4.78, 5) is 19.6. The Bertz CT molecular complexity index is 1020. The van der Waals surface area contributed by atoms with Crippen molar-refractivity contribution in [2.45, 2.75) is 70.4 Å². The number of benzene rings is 1. The molecule has 1 amide bonds. The molecule has 0 aliphatic carbocycles. The van der Waals surface area contributed by atoms with Crippen molar-refractivity contribution in [2.24, 2.45) is 0 Å². The van der Waals surface area contributed by atoms with E-state index in [4.69, 9.17) is 0 Å². The zero-order valence-corrected chi connectivity index (χ0v) is 20.5. The number of anilines is 1. The Kier molecular flexibility index (Phi) is 7.47. The van der Waals surface area contributed by atoms with E-state index < -0.39 is 0 Å². The van der Waals surface area contributed by atoms with Crippen molar-refractivity contribution in [2.75, 3.05) is 11.1 Å². The quantitative estimate of drug-likeness (QED) is 0.471. The highest BCUT2D eigenvalue weighted by molar-refractivity contribution is 7.99. The van der Waals surface area contributed by atoms with Crippen molar-refractivity contribution in [3.05, 3.63) is 41.5 Å². The first-order chi connectivity index (χ1) is 15.6. The molecule has 1 fully saturated rings. The fourth-order valence-electron chi connectivity index (χ4n) is 4.24. The number of carbonyl (C=O) groups is 1. The van der Waals surface area contributed by atoms with E-state index in [1.807, 2.05) is 18.2 Å². The largest absolute Gasteiger partial charge is 0.354 e. The van der Waals surface area contributed by atoms with Crippen molar-refractivity contribution in [1.82, 2.24) is 24.6 Å². The number of hydrogen-bond acceptors (Lipinski definition) is 7. The first kappa shape index (κ1) is 22.8. The van der Waals surface area contributed by atoms with E-state index in [9.17, 15) is 4.79 Å². The molecular weight excluding hydrogens is 440 g/mol. The lowest BCUT2D eigenvalue weighted by Gasteiger charge is -2.39. The van der Waals surface area contributed by atoms with Gasteiger partial charge in [0.1, 0.15) is 0 Å². The summed E-state index contributed by atoms with van der Waals surface area (Å²) in [5.74, 6) is 1.43. The van der Waals surface area contributed by atoms with Crippen LogP contribution in [0.1, 0.15) is 45.9 Å². The van der Waals surface area contributed by atoms with Gasteiger partial charge in [0.05, 0.1) is 18.0 Å². The van der Waals surface area contributed by atoms with Crippen LogP contribution in [-0.4, -0.2) is 48.4 Å². The number of rotatable bonds is 8. The van der Waals surface area contributed by atoms with Crippen molar-refractivity contribution < 1.29 is 4.79 Å². The van der Waals surface area contributed by atoms with E-state index in [-0.39, 0.29) is 5.91 Å². The van der Waals surface area contributed by atoms with E-state index in [1.54, 1.807) is 11.3 Å². The summed E-state index contributed by atoms with van der Waals surface area (Å²) in [5, 5.41) is 15.8. The fraction of sp³-hybridized carbons (Fsp3) is 0.478. The number of thioether (sulfide) groups is 1. The predicted molar refractivity (Wildman–Crippen MR) is 131 cm³/mol. The van der Waals surface area contributed by atoms with Crippen molar-refractivity contribution >= 4 is 34.1 Å². The summed E-state index contributed by atoms with van der Waals surface area (Å²) in [6, 6.07) is 10.8. The molecule has 2 aromatic heterocycles. The first-order valence-corrected chi connectivity index (χ1v) is 13.0. The molecule has 0 radical (unpaired) electrons. The van der Waals surface area contributed by atoms with E-state index in [1.165, 1.54) is 18.2 Å². The molecule has 0 saturated carbocycles. The van der Waals surface area contributed by atoms with Crippen LogP contribution in [0.3, 0.4) is 0 Å². The number of nitrogens with zero attached hydrogens (tertiary/aromatic N) is 5. The molecule has 0 spiro atoms. The molecule has 1 aliphatic rings. The lowest BCUT2D eigenvalue weighted by atomic mass is 9.98. The number of carbonyl (C=O) groups excluding carboxylic acids is 1. The Morgan fingerprint density at radius 1 is 1.19 bits per heavy atom. The third-order valence-corrected chi connectivity index (χ3v) is 7.64. The second kappa shape index (κ2) is 10.5. The maximum Gasteiger partial charge on any atom is 0.233 e. The Hall–Kier alpha value is -2.39. The Morgan fingerprint density at radius 2 is 1.94 bits per heavy atom. The van der Waals surface area contributed by atoms with Crippen LogP contribution in [0.2, 0.25) is 0 Å². The molecule has 4 rings (SSSR count). The number of likely N-dealkylation sites (tertiary alicyclic amines) is 1. The van der Waals surface area contributed by atoms with Gasteiger partial charge in [0, 0.05) is 29.6 Å². The highest BCUT2D eigenvalue weighted by atomic mass is 32.2. The minimum absolute atomic E-state index is 0.191. The number of piperidine rings is 1. The number of aromatic nitrogens is 4. The second-order valence-electron chi connectivity index (χ2n) is 8.12. The molecule has 0 bridgehead atoms. The smallest absolute Gasteiger partial charge is 0.233 e. The van der Waals surface area contributed by atoms with E-state index in [2.05, 4.69) is 68.2 Å². The van der Waals surface area contributed by atoms with E-state index in [0.717, 1.165) is 46.8 Å². The van der Waals surface area contributed by atoms with Gasteiger partial charge in [0.2, 0.25) is 5.91 Å². The van der Waals surface area contributed by atoms with Crippen LogP contribution >= 0.6 is 23.1 Å². The molecule has 170 valence electrons. The Morgan fingerprint density at radius 3 is 2.66 bits per heavy atom. The molecule has 32 heavy (non-hydrogen) atoms. The SMILES string of the molecule is CCn1c(CNc2nc(-c3ccccc3)cs2)nnc1SCC(=O)N1[C@H](C)CCC[C@H]1C. The highest BCUT2D eigenvalue weighted by Crippen LogP contribution is 2.27. The standard InChI is InChI=1S/C23H30N6OS2/c1-4-28-20(13-24-22-25-19(14-31-22)18-11-6-5-7-12-18)26-27-23(28)32-15-21(30)29-16(2)9-8-10-17(29)3/h5-7,11-12,14,16-17H,4,8-10,13,15H2,1-3H3,(H,24,25)/t16-,17-/m1/s1. The third kappa shape index (κ3) is 5.15. The Balaban J connectivity index is 1.36. The molecule has 1 aliphatic heterocycles. The summed E-state index contributed by atoms with van der Waals surface area (Å²) in [5.41, 5.74) is 2.07. The van der Waals surface area contributed by atoms with Gasteiger partial charge in [-0.15, -0.1) is 21.5 Å². The van der Waals surface area contributed by atoms with Gasteiger partial charge in [0.25, 0.3) is 0 Å². The first-order valence-electron chi connectivity index (χ1n) is 11.2. The maximum atomic E-state index is 12.9. The monoisotopic (exact) mass is 470 g/mol. The predicted octanol–water partition coefficient (Wildman–Crippen LogP) is 4.92. The van der Waals surface area contributed by atoms with Crippen LogP contribution in [0.5, 0.6) is 0 Å². The molecule has 3 heterocycles. The zero-order valence-electron chi connectivity index (χ0n) is 18.8. The van der Waals surface area contributed by atoms with Crippen LogP contribution in [0, 0.1) is 0 Å². The summed E-state index contributed by atoms with van der Waals surface area (Å²) >= 11 is 3.06. The van der Waals surface area contributed by atoms with Gasteiger partial charge in [0.15, 0.2) is 16.1 Å². The number of amides is 1. The van der Waals surface area contributed by atoms with Crippen LogP contribution in [0.4, 0.5) is 5.13 Å². The van der Waals surface area contributed by atoms with Gasteiger partial charge in [-0.25, -0.2) is 4.98 Å². The summed E-state index contributed by atoms with van der Waals surface area (Å²) in [6.07, 6.45) is 3.38. The van der Waals surface area contributed by atoms with Gasteiger partial charge >= 0.3 is 0 Å². The average Bonchev–Trinajstić information content (AvgIpc) is 3.43. The van der Waals surface area contributed by atoms with E-state index in [0.29, 0.717) is 24.4 Å². The lowest BCUT2D eigenvalue weighted by Crippen LogP contribution is -2.48. The fourth-order valence-corrected chi connectivity index (χ4v) is 5.85. The summed E-state index contributed by atoms with van der Waals surface area (Å²) < 4.78 is 2.07. The molecular formula is C23H30N6OS2. The molecule has 9 heteroatoms. The number of thiazole rings is 1. The zero-order chi connectivity index (χ0) is 22.5. The van der Waals surface area contributed by atoms with Gasteiger partial charge in [-0.1, -0.05) is 42.1 Å². The number of nitrogens with one attached hydrogen (secondary N) is 1. The Labute approximate surface area is 197 Å². The molecule has 1 N–H and O–H groups in total. The summed E-state index contributed by atoms with van der Waals surface area (Å²) in [6.45, 7) is 7.67. The van der Waals surface area contributed by atoms with Gasteiger partial charge < -0.3 is 14.8 Å². The van der Waals surface area contributed by atoms with Crippen molar-refractivity contribution in [1.29, 1.82) is 0 Å². The molecule has 7 nitrogen and oxygen atoms in total. The average molecular weight is 471 g/mol. The van der Waals surface area contributed by atoms with Crippen molar-refractivity contribution in [3.63, 3.8) is 0 Å². The number of hydrogen-bond donors (Lipinski definition) is 1. The van der Waals surface area contributed by atoms with Gasteiger partial charge in [-0.05, 0) is 40.0 Å². The highest BCUT2D eigenvalue weighted by Gasteiger charge is 2.29. The third-order valence-electron chi connectivity index (χ3n) is 5.89. The normalized spacial score (nSPS) is 18.7. The second-order valence-corrected chi connectivity index (χ2v) is 9.92. The van der Waals surface area contributed by atoms with E-state index >= 15 is 0 Å². The minimum Gasteiger partial charge on any atom is -0.354 e. The topological polar surface area (TPSA) is 75.9 Å². The maximum absolute atomic E-state index is 12.9. The van der Waals surface area contributed by atoms with Crippen LogP contribution < -0.4 is 5.32 Å². The van der Waals surface area contributed by atoms with Crippen LogP contribution in [-0.2, 0) is 17.9 Å². The molecule has 1 aromatic carbocycles. The van der Waals surface area contributed by atoms with Crippen molar-refractivity contribution in [3.8, 4) is 11.3 Å². The van der Waals surface area contributed by atoms with Gasteiger partial charge in [-0.3, -0.25) is 4.79 Å². The van der Waals surface area contributed by atoms with Crippen LogP contribution in [0.15, 0.2) is 40.9 Å². The summed E-state index contributed by atoms with van der Waals surface area (Å²) in [7, 11) is 0. The molecule has 2 atom stereocenters. The molecule has 3 aromatic rings.